The smallest absolute Gasteiger partial charge is 0.253 e. The largest absolute Gasteiger partial charge is 0.352 e. The molecule has 100 valence electrons. The van der Waals surface area contributed by atoms with Gasteiger partial charge in [0.1, 0.15) is 0 Å². The van der Waals surface area contributed by atoms with Crippen LogP contribution in [0.15, 0.2) is 30.3 Å². The molecule has 2 rings (SSSR count). The van der Waals surface area contributed by atoms with Crippen LogP contribution < -0.4 is 5.32 Å². The van der Waals surface area contributed by atoms with Gasteiger partial charge in [-0.3, -0.25) is 4.79 Å². The van der Waals surface area contributed by atoms with E-state index in [9.17, 15) is 4.79 Å². The minimum absolute atomic E-state index is 0.00509. The predicted octanol–water partition coefficient (Wildman–Crippen LogP) is 3.15. The molecular formula is C16H20N2O. The molecule has 0 radical (unpaired) electrons. The second kappa shape index (κ2) is 5.31. The van der Waals surface area contributed by atoms with Gasteiger partial charge in [0.2, 0.25) is 0 Å². The summed E-state index contributed by atoms with van der Waals surface area (Å²) >= 11 is 0. The Morgan fingerprint density at radius 3 is 2.58 bits per heavy atom. The third kappa shape index (κ3) is 2.55. The van der Waals surface area contributed by atoms with Crippen molar-refractivity contribution in [1.82, 2.24) is 9.88 Å². The summed E-state index contributed by atoms with van der Waals surface area (Å²) in [7, 11) is 0. The summed E-state index contributed by atoms with van der Waals surface area (Å²) in [4.78, 5) is 12.0. The maximum absolute atomic E-state index is 12.0. The Kier molecular flexibility index (Phi) is 3.74. The molecule has 1 aromatic carbocycles. The molecule has 0 saturated carbocycles. The fraction of sp³-hybridized carbons (Fsp3) is 0.312. The summed E-state index contributed by atoms with van der Waals surface area (Å²) in [6.07, 6.45) is 0. The van der Waals surface area contributed by atoms with Crippen molar-refractivity contribution in [3.05, 3.63) is 52.8 Å². The first-order valence-electron chi connectivity index (χ1n) is 6.58. The minimum Gasteiger partial charge on any atom is -0.352 e. The Hall–Kier alpha value is -2.03. The maximum atomic E-state index is 12.0. The van der Waals surface area contributed by atoms with Crippen molar-refractivity contribution in [2.24, 2.45) is 0 Å². The van der Waals surface area contributed by atoms with Crippen LogP contribution in [0.4, 0.5) is 0 Å². The van der Waals surface area contributed by atoms with E-state index in [0.29, 0.717) is 6.54 Å². The second-order valence-corrected chi connectivity index (χ2v) is 4.82. The van der Waals surface area contributed by atoms with Gasteiger partial charge in [-0.1, -0.05) is 12.1 Å². The SMILES string of the molecule is CCNC(=O)c1cc(C)n(-c2cccc(C)c2)c1C. The van der Waals surface area contributed by atoms with Crippen LogP contribution in [0.2, 0.25) is 0 Å². The van der Waals surface area contributed by atoms with Crippen LogP contribution in [0, 0.1) is 20.8 Å². The highest BCUT2D eigenvalue weighted by atomic mass is 16.1. The molecule has 0 bridgehead atoms. The van der Waals surface area contributed by atoms with Crippen LogP contribution in [-0.4, -0.2) is 17.0 Å². The number of benzene rings is 1. The van der Waals surface area contributed by atoms with E-state index in [1.807, 2.05) is 32.9 Å². The van der Waals surface area contributed by atoms with E-state index in [1.165, 1.54) is 5.56 Å². The molecular weight excluding hydrogens is 236 g/mol. The molecule has 3 nitrogen and oxygen atoms in total. The molecule has 2 aromatic rings. The first-order chi connectivity index (χ1) is 9.04. The number of hydrogen-bond acceptors (Lipinski definition) is 1. The molecule has 0 fully saturated rings. The zero-order valence-corrected chi connectivity index (χ0v) is 11.9. The monoisotopic (exact) mass is 256 g/mol. The Balaban J connectivity index is 2.51. The van der Waals surface area contributed by atoms with Crippen LogP contribution >= 0.6 is 0 Å². The van der Waals surface area contributed by atoms with Crippen LogP contribution in [0.1, 0.15) is 34.2 Å². The fourth-order valence-electron chi connectivity index (χ4n) is 2.41. The highest BCUT2D eigenvalue weighted by Crippen LogP contribution is 2.21. The Labute approximate surface area is 114 Å². The van der Waals surface area contributed by atoms with Crippen molar-refractivity contribution in [2.45, 2.75) is 27.7 Å². The molecule has 0 unspecified atom stereocenters. The number of aryl methyl sites for hydroxylation is 2. The van der Waals surface area contributed by atoms with Gasteiger partial charge in [-0.2, -0.15) is 0 Å². The van der Waals surface area contributed by atoms with Crippen molar-refractivity contribution in [3.8, 4) is 5.69 Å². The number of carbonyl (C=O) groups is 1. The number of amides is 1. The third-order valence-corrected chi connectivity index (χ3v) is 3.27. The third-order valence-electron chi connectivity index (χ3n) is 3.27. The van der Waals surface area contributed by atoms with E-state index in [4.69, 9.17) is 0 Å². The molecule has 1 aromatic heterocycles. The Bertz CT molecular complexity index is 611. The van der Waals surface area contributed by atoms with E-state index in [0.717, 1.165) is 22.6 Å². The average Bonchev–Trinajstić information content (AvgIpc) is 2.65. The van der Waals surface area contributed by atoms with Gasteiger partial charge in [0, 0.05) is 23.6 Å². The van der Waals surface area contributed by atoms with Gasteiger partial charge in [-0.15, -0.1) is 0 Å². The van der Waals surface area contributed by atoms with E-state index in [2.05, 4.69) is 35.0 Å². The number of aromatic nitrogens is 1. The quantitative estimate of drug-likeness (QED) is 0.899. The number of rotatable bonds is 3. The van der Waals surface area contributed by atoms with E-state index in [-0.39, 0.29) is 5.91 Å². The number of hydrogen-bond donors (Lipinski definition) is 1. The minimum atomic E-state index is -0.00509. The van der Waals surface area contributed by atoms with Crippen LogP contribution in [-0.2, 0) is 0 Å². The number of nitrogens with zero attached hydrogens (tertiary/aromatic N) is 1. The van der Waals surface area contributed by atoms with Crippen molar-refractivity contribution >= 4 is 5.91 Å². The maximum Gasteiger partial charge on any atom is 0.253 e. The summed E-state index contributed by atoms with van der Waals surface area (Å²) in [6, 6.07) is 10.2. The molecule has 19 heavy (non-hydrogen) atoms. The lowest BCUT2D eigenvalue weighted by Crippen LogP contribution is -2.23. The summed E-state index contributed by atoms with van der Waals surface area (Å²) in [6.45, 7) is 8.66. The van der Waals surface area contributed by atoms with Gasteiger partial charge in [-0.05, 0) is 51.5 Å². The zero-order chi connectivity index (χ0) is 14.0. The van der Waals surface area contributed by atoms with E-state index >= 15 is 0 Å². The molecule has 0 saturated heterocycles. The van der Waals surface area contributed by atoms with Crippen molar-refractivity contribution < 1.29 is 4.79 Å². The summed E-state index contributed by atoms with van der Waals surface area (Å²) in [5.74, 6) is -0.00509. The molecule has 0 aliphatic heterocycles. The first kappa shape index (κ1) is 13.4. The van der Waals surface area contributed by atoms with Gasteiger partial charge >= 0.3 is 0 Å². The van der Waals surface area contributed by atoms with Crippen molar-refractivity contribution in [1.29, 1.82) is 0 Å². The highest BCUT2D eigenvalue weighted by molar-refractivity contribution is 5.95. The summed E-state index contributed by atoms with van der Waals surface area (Å²) in [5, 5.41) is 2.85. The van der Waals surface area contributed by atoms with Crippen molar-refractivity contribution in [3.63, 3.8) is 0 Å². The van der Waals surface area contributed by atoms with Gasteiger partial charge in [0.05, 0.1) is 5.56 Å². The van der Waals surface area contributed by atoms with Gasteiger partial charge < -0.3 is 9.88 Å². The summed E-state index contributed by atoms with van der Waals surface area (Å²) in [5.41, 5.74) is 5.12. The van der Waals surface area contributed by atoms with Gasteiger partial charge in [0.15, 0.2) is 0 Å². The van der Waals surface area contributed by atoms with Crippen LogP contribution in [0.5, 0.6) is 0 Å². The molecule has 3 heteroatoms. The van der Waals surface area contributed by atoms with Crippen LogP contribution in [0.25, 0.3) is 5.69 Å². The van der Waals surface area contributed by atoms with E-state index < -0.39 is 0 Å². The lowest BCUT2D eigenvalue weighted by molar-refractivity contribution is 0.0955. The topological polar surface area (TPSA) is 34.0 Å². The Morgan fingerprint density at radius 2 is 1.95 bits per heavy atom. The average molecular weight is 256 g/mol. The zero-order valence-electron chi connectivity index (χ0n) is 11.9. The number of nitrogens with one attached hydrogen (secondary N) is 1. The predicted molar refractivity (Wildman–Crippen MR) is 78.0 cm³/mol. The molecule has 1 N–H and O–H groups in total. The van der Waals surface area contributed by atoms with Gasteiger partial charge in [0.25, 0.3) is 5.91 Å². The normalized spacial score (nSPS) is 10.5. The second-order valence-electron chi connectivity index (χ2n) is 4.82. The molecule has 0 aliphatic carbocycles. The molecule has 1 amide bonds. The first-order valence-corrected chi connectivity index (χ1v) is 6.58. The molecule has 0 aliphatic rings. The summed E-state index contributed by atoms with van der Waals surface area (Å²) < 4.78 is 2.12. The van der Waals surface area contributed by atoms with Crippen LogP contribution in [0.3, 0.4) is 0 Å². The molecule has 0 atom stereocenters. The van der Waals surface area contributed by atoms with Gasteiger partial charge in [-0.25, -0.2) is 0 Å². The van der Waals surface area contributed by atoms with E-state index in [1.54, 1.807) is 0 Å². The lowest BCUT2D eigenvalue weighted by Gasteiger charge is -2.10. The molecule has 1 heterocycles. The van der Waals surface area contributed by atoms with Crippen molar-refractivity contribution in [2.75, 3.05) is 6.54 Å². The molecule has 0 spiro atoms. The number of carbonyl (C=O) groups excluding carboxylic acids is 1. The highest BCUT2D eigenvalue weighted by Gasteiger charge is 2.15. The fourth-order valence-corrected chi connectivity index (χ4v) is 2.41. The Morgan fingerprint density at radius 1 is 1.21 bits per heavy atom. The lowest BCUT2D eigenvalue weighted by atomic mass is 10.2. The standard InChI is InChI=1S/C16H20N2O/c1-5-17-16(19)15-10-12(3)18(13(15)4)14-8-6-7-11(2)9-14/h6-10H,5H2,1-4H3,(H,17,19).